The van der Waals surface area contributed by atoms with E-state index < -0.39 is 0 Å². The third-order valence-electron chi connectivity index (χ3n) is 2.64. The van der Waals surface area contributed by atoms with Crippen LogP contribution in [-0.4, -0.2) is 31.2 Å². The van der Waals surface area contributed by atoms with Crippen molar-refractivity contribution in [3.63, 3.8) is 0 Å². The molecule has 1 heterocycles. The summed E-state index contributed by atoms with van der Waals surface area (Å²) in [6, 6.07) is 10.1. The molecule has 1 N–H and O–H groups in total. The first-order valence-electron chi connectivity index (χ1n) is 6.34. The fourth-order valence-electron chi connectivity index (χ4n) is 1.60. The van der Waals surface area contributed by atoms with Crippen molar-refractivity contribution in [3.05, 3.63) is 53.2 Å². The Labute approximate surface area is 127 Å². The molecule has 2 rings (SSSR count). The summed E-state index contributed by atoms with van der Waals surface area (Å²) in [4.78, 5) is 16.2. The summed E-state index contributed by atoms with van der Waals surface area (Å²) in [6.07, 6.45) is 1.53. The topological polar surface area (TPSA) is 60.5 Å². The number of methoxy groups -OCH3 is 1. The number of hydrogen-bond acceptors (Lipinski definition) is 4. The molecule has 6 heteroatoms. The molecular formula is C15H15ClN2O3. The van der Waals surface area contributed by atoms with Gasteiger partial charge in [0.25, 0.3) is 5.91 Å². The predicted molar refractivity (Wildman–Crippen MR) is 81.0 cm³/mol. The summed E-state index contributed by atoms with van der Waals surface area (Å²) in [5, 5.41) is 3.39. The Hall–Kier alpha value is -2.11. The zero-order chi connectivity index (χ0) is 15.1. The normalized spacial score (nSPS) is 10.2. The molecule has 0 radical (unpaired) electrons. The Morgan fingerprint density at radius 2 is 2.00 bits per heavy atom. The van der Waals surface area contributed by atoms with E-state index >= 15 is 0 Å². The van der Waals surface area contributed by atoms with E-state index in [1.54, 1.807) is 43.5 Å². The molecule has 0 saturated heterocycles. The minimum absolute atomic E-state index is 0.240. The number of pyridine rings is 1. The van der Waals surface area contributed by atoms with Gasteiger partial charge in [-0.25, -0.2) is 4.98 Å². The minimum atomic E-state index is -0.240. The fraction of sp³-hybridized carbons (Fsp3) is 0.200. The average molecular weight is 307 g/mol. The lowest BCUT2D eigenvalue weighted by atomic mass is 10.2. The van der Waals surface area contributed by atoms with Gasteiger partial charge in [-0.2, -0.15) is 0 Å². The first-order valence-corrected chi connectivity index (χ1v) is 6.71. The van der Waals surface area contributed by atoms with Crippen LogP contribution in [0.3, 0.4) is 0 Å². The summed E-state index contributed by atoms with van der Waals surface area (Å²) in [5.41, 5.74) is 1.13. The van der Waals surface area contributed by atoms with E-state index in [-0.39, 0.29) is 5.91 Å². The molecule has 0 saturated carbocycles. The van der Waals surface area contributed by atoms with Gasteiger partial charge in [-0.15, -0.1) is 0 Å². The van der Waals surface area contributed by atoms with Gasteiger partial charge in [0.05, 0.1) is 6.61 Å². The molecule has 0 spiro atoms. The molecule has 1 amide bonds. The summed E-state index contributed by atoms with van der Waals surface area (Å²) in [6.45, 7) is 0.842. The maximum absolute atomic E-state index is 12.1. The molecule has 110 valence electrons. The maximum Gasteiger partial charge on any atom is 0.255 e. The van der Waals surface area contributed by atoms with Crippen LogP contribution in [0, 0.1) is 0 Å². The molecule has 0 atom stereocenters. The smallest absolute Gasteiger partial charge is 0.255 e. The van der Waals surface area contributed by atoms with E-state index in [4.69, 9.17) is 21.1 Å². The molecule has 0 fully saturated rings. The third kappa shape index (κ3) is 4.73. The quantitative estimate of drug-likeness (QED) is 0.833. The van der Waals surface area contributed by atoms with Gasteiger partial charge in [0, 0.05) is 35.6 Å². The van der Waals surface area contributed by atoms with Crippen LogP contribution < -0.4 is 10.1 Å². The lowest BCUT2D eigenvalue weighted by molar-refractivity contribution is 0.102. The SMILES string of the molecule is COCCOc1cc(C(=O)Nc2ccc(Cl)cc2)ccn1. The van der Waals surface area contributed by atoms with Crippen LogP contribution in [0.1, 0.15) is 10.4 Å². The molecule has 0 bridgehead atoms. The highest BCUT2D eigenvalue weighted by molar-refractivity contribution is 6.30. The predicted octanol–water partition coefficient (Wildman–Crippen LogP) is 3.01. The third-order valence-corrected chi connectivity index (χ3v) is 2.89. The minimum Gasteiger partial charge on any atom is -0.475 e. The fourth-order valence-corrected chi connectivity index (χ4v) is 1.72. The second kappa shape index (κ2) is 7.61. The van der Waals surface area contributed by atoms with Crippen molar-refractivity contribution in [2.24, 2.45) is 0 Å². The number of rotatable bonds is 6. The highest BCUT2D eigenvalue weighted by Gasteiger charge is 2.08. The zero-order valence-corrected chi connectivity index (χ0v) is 12.3. The van der Waals surface area contributed by atoms with Crippen LogP contribution in [0.15, 0.2) is 42.6 Å². The van der Waals surface area contributed by atoms with Crippen molar-refractivity contribution >= 4 is 23.2 Å². The van der Waals surface area contributed by atoms with Gasteiger partial charge >= 0.3 is 0 Å². The summed E-state index contributed by atoms with van der Waals surface area (Å²) < 4.78 is 10.3. The van der Waals surface area contributed by atoms with Crippen LogP contribution in [0.2, 0.25) is 5.02 Å². The van der Waals surface area contributed by atoms with Gasteiger partial charge in [-0.05, 0) is 30.3 Å². The van der Waals surface area contributed by atoms with Crippen LogP contribution >= 0.6 is 11.6 Å². The van der Waals surface area contributed by atoms with Crippen molar-refractivity contribution < 1.29 is 14.3 Å². The maximum atomic E-state index is 12.1. The molecule has 2 aromatic rings. The number of anilines is 1. The number of carbonyl (C=O) groups is 1. The average Bonchev–Trinajstić information content (AvgIpc) is 2.50. The van der Waals surface area contributed by atoms with Crippen LogP contribution in [0.25, 0.3) is 0 Å². The molecule has 1 aromatic heterocycles. The first-order chi connectivity index (χ1) is 10.2. The van der Waals surface area contributed by atoms with Crippen molar-refractivity contribution in [2.75, 3.05) is 25.6 Å². The lowest BCUT2D eigenvalue weighted by Gasteiger charge is -2.07. The van der Waals surface area contributed by atoms with Crippen molar-refractivity contribution in [3.8, 4) is 5.88 Å². The second-order valence-corrected chi connectivity index (χ2v) is 4.62. The van der Waals surface area contributed by atoms with E-state index in [2.05, 4.69) is 10.3 Å². The van der Waals surface area contributed by atoms with E-state index in [0.717, 1.165) is 0 Å². The molecule has 1 aromatic carbocycles. The molecule has 0 aliphatic carbocycles. The molecule has 21 heavy (non-hydrogen) atoms. The number of amides is 1. The van der Waals surface area contributed by atoms with Gasteiger partial charge < -0.3 is 14.8 Å². The molecule has 0 aliphatic heterocycles. The Kier molecular flexibility index (Phi) is 5.54. The molecular weight excluding hydrogens is 292 g/mol. The van der Waals surface area contributed by atoms with E-state index in [1.807, 2.05) is 0 Å². The van der Waals surface area contributed by atoms with Crippen molar-refractivity contribution in [2.45, 2.75) is 0 Å². The standard InChI is InChI=1S/C15H15ClN2O3/c1-20-8-9-21-14-10-11(6-7-17-14)15(19)18-13-4-2-12(16)3-5-13/h2-7,10H,8-9H2,1H3,(H,18,19). The Morgan fingerprint density at radius 3 is 2.71 bits per heavy atom. The number of carbonyl (C=O) groups excluding carboxylic acids is 1. The number of aromatic nitrogens is 1. The number of nitrogens with one attached hydrogen (secondary N) is 1. The molecule has 0 unspecified atom stereocenters. The highest BCUT2D eigenvalue weighted by Crippen LogP contribution is 2.15. The highest BCUT2D eigenvalue weighted by atomic mass is 35.5. The van der Waals surface area contributed by atoms with Gasteiger partial charge in [-0.1, -0.05) is 11.6 Å². The zero-order valence-electron chi connectivity index (χ0n) is 11.5. The van der Waals surface area contributed by atoms with E-state index in [1.165, 1.54) is 6.20 Å². The Bertz CT molecular complexity index is 602. The van der Waals surface area contributed by atoms with Gasteiger partial charge in [0.15, 0.2) is 0 Å². The Balaban J connectivity index is 2.01. The van der Waals surface area contributed by atoms with E-state index in [9.17, 15) is 4.79 Å². The summed E-state index contributed by atoms with van der Waals surface area (Å²) in [5.74, 6) is 0.145. The molecule has 5 nitrogen and oxygen atoms in total. The van der Waals surface area contributed by atoms with Gasteiger partial charge in [-0.3, -0.25) is 4.79 Å². The number of halogens is 1. The number of benzene rings is 1. The monoisotopic (exact) mass is 306 g/mol. The molecule has 0 aliphatic rings. The van der Waals surface area contributed by atoms with Crippen LogP contribution in [0.5, 0.6) is 5.88 Å². The number of nitrogens with zero attached hydrogens (tertiary/aromatic N) is 1. The van der Waals surface area contributed by atoms with Crippen LogP contribution in [0.4, 0.5) is 5.69 Å². The summed E-state index contributed by atoms with van der Waals surface area (Å²) in [7, 11) is 1.59. The Morgan fingerprint density at radius 1 is 1.24 bits per heavy atom. The van der Waals surface area contributed by atoms with Crippen LogP contribution in [-0.2, 0) is 4.74 Å². The van der Waals surface area contributed by atoms with Crippen molar-refractivity contribution in [1.29, 1.82) is 0 Å². The number of hydrogen-bond donors (Lipinski definition) is 1. The second-order valence-electron chi connectivity index (χ2n) is 4.19. The largest absolute Gasteiger partial charge is 0.475 e. The first kappa shape index (κ1) is 15.3. The van der Waals surface area contributed by atoms with Gasteiger partial charge in [0.1, 0.15) is 6.61 Å². The van der Waals surface area contributed by atoms with Crippen molar-refractivity contribution in [1.82, 2.24) is 4.98 Å². The number of ether oxygens (including phenoxy) is 2. The van der Waals surface area contributed by atoms with E-state index in [0.29, 0.717) is 35.4 Å². The van der Waals surface area contributed by atoms with Gasteiger partial charge in [0.2, 0.25) is 5.88 Å². The summed E-state index contributed by atoms with van der Waals surface area (Å²) >= 11 is 5.80. The lowest BCUT2D eigenvalue weighted by Crippen LogP contribution is -2.12.